The van der Waals surface area contributed by atoms with Crippen LogP contribution in [-0.4, -0.2) is 48.3 Å². The maximum absolute atomic E-state index is 12.1. The van der Waals surface area contributed by atoms with Gasteiger partial charge in [0, 0.05) is 0 Å². The van der Waals surface area contributed by atoms with Gasteiger partial charge in [-0.15, -0.1) is 0 Å². The van der Waals surface area contributed by atoms with E-state index in [1.165, 1.54) is 6.07 Å². The van der Waals surface area contributed by atoms with E-state index in [4.69, 9.17) is 10.4 Å². The molecule has 0 aliphatic rings. The van der Waals surface area contributed by atoms with Crippen molar-refractivity contribution in [3.63, 3.8) is 0 Å². The van der Waals surface area contributed by atoms with Crippen LogP contribution in [0.3, 0.4) is 0 Å². The molecule has 0 saturated carbocycles. The molecule has 0 radical (unpaired) electrons. The number of carbonyl (C=O) groups is 1. The predicted molar refractivity (Wildman–Crippen MR) is 49.3 cm³/mol. The number of carboxylic acid groups (broad SMARTS) is 1. The van der Waals surface area contributed by atoms with Gasteiger partial charge in [-0.3, -0.25) is 4.79 Å². The maximum Gasteiger partial charge on any atom is 0.402 e. The van der Waals surface area contributed by atoms with Gasteiger partial charge in [0.25, 0.3) is 0 Å². The van der Waals surface area contributed by atoms with Gasteiger partial charge in [-0.1, -0.05) is 0 Å². The SMILES string of the molecule is CC(C#N)S(=O)(=O)N(CC(=O)O)CC(F)(F)F. The van der Waals surface area contributed by atoms with E-state index in [0.29, 0.717) is 0 Å². The Morgan fingerprint density at radius 3 is 2.29 bits per heavy atom. The Morgan fingerprint density at radius 2 is 2.00 bits per heavy atom. The fourth-order valence-corrected chi connectivity index (χ4v) is 2.07. The molecule has 0 aliphatic heterocycles. The standard InChI is InChI=1S/C7H9F3N2O4S/c1-5(2-11)17(15,16)12(3-6(13)14)4-7(8,9)10/h5H,3-4H2,1H3,(H,13,14). The highest BCUT2D eigenvalue weighted by Crippen LogP contribution is 2.20. The summed E-state index contributed by atoms with van der Waals surface area (Å²) in [4.78, 5) is 10.3. The van der Waals surface area contributed by atoms with Gasteiger partial charge in [0.15, 0.2) is 5.25 Å². The number of carboxylic acids is 1. The first-order valence-electron chi connectivity index (χ1n) is 4.18. The second kappa shape index (κ2) is 5.33. The summed E-state index contributed by atoms with van der Waals surface area (Å²) < 4.78 is 58.8. The minimum Gasteiger partial charge on any atom is -0.480 e. The Labute approximate surface area is 95.3 Å². The van der Waals surface area contributed by atoms with Gasteiger partial charge < -0.3 is 5.11 Å². The van der Waals surface area contributed by atoms with Crippen molar-refractivity contribution >= 4 is 16.0 Å². The third-order valence-corrected chi connectivity index (χ3v) is 3.63. The van der Waals surface area contributed by atoms with Crippen molar-refractivity contribution < 1.29 is 31.5 Å². The molecule has 0 spiro atoms. The molecule has 0 aromatic heterocycles. The molecular weight excluding hydrogens is 265 g/mol. The molecule has 0 fully saturated rings. The Kier molecular flexibility index (Phi) is 4.91. The molecule has 0 saturated heterocycles. The van der Waals surface area contributed by atoms with E-state index < -0.39 is 40.5 Å². The third kappa shape index (κ3) is 5.01. The number of sulfonamides is 1. The minimum absolute atomic E-state index is 0.275. The van der Waals surface area contributed by atoms with Crippen molar-refractivity contribution in [3.8, 4) is 6.07 Å². The Bertz CT molecular complexity index is 425. The van der Waals surface area contributed by atoms with Crippen LogP contribution in [0.2, 0.25) is 0 Å². The zero-order valence-electron chi connectivity index (χ0n) is 8.60. The van der Waals surface area contributed by atoms with Crippen LogP contribution in [0, 0.1) is 11.3 Å². The zero-order chi connectivity index (χ0) is 13.9. The van der Waals surface area contributed by atoms with Crippen molar-refractivity contribution in [1.29, 1.82) is 5.26 Å². The highest BCUT2D eigenvalue weighted by atomic mass is 32.2. The van der Waals surface area contributed by atoms with Crippen LogP contribution in [-0.2, 0) is 14.8 Å². The van der Waals surface area contributed by atoms with E-state index in [2.05, 4.69) is 0 Å². The number of nitriles is 1. The molecular formula is C7H9F3N2O4S. The summed E-state index contributed by atoms with van der Waals surface area (Å²) in [5.41, 5.74) is 0. The molecule has 0 aromatic carbocycles. The molecule has 0 aliphatic carbocycles. The lowest BCUT2D eigenvalue weighted by Gasteiger charge is -2.22. The quantitative estimate of drug-likeness (QED) is 0.771. The fourth-order valence-electron chi connectivity index (χ4n) is 0.877. The Hall–Kier alpha value is -1.34. The summed E-state index contributed by atoms with van der Waals surface area (Å²) in [7, 11) is -4.61. The first-order chi connectivity index (χ1) is 7.50. The lowest BCUT2D eigenvalue weighted by atomic mass is 10.5. The van der Waals surface area contributed by atoms with Crippen LogP contribution >= 0.6 is 0 Å². The Morgan fingerprint density at radius 1 is 1.53 bits per heavy atom. The molecule has 0 rings (SSSR count). The van der Waals surface area contributed by atoms with E-state index in [1.807, 2.05) is 0 Å². The van der Waals surface area contributed by atoms with Crippen LogP contribution in [0.15, 0.2) is 0 Å². The van der Waals surface area contributed by atoms with Crippen molar-refractivity contribution in [3.05, 3.63) is 0 Å². The summed E-state index contributed by atoms with van der Waals surface area (Å²) in [5, 5.41) is 15.0. The van der Waals surface area contributed by atoms with Gasteiger partial charge in [-0.25, -0.2) is 8.42 Å². The molecule has 0 amide bonds. The fraction of sp³-hybridized carbons (Fsp3) is 0.714. The van der Waals surface area contributed by atoms with Crippen molar-refractivity contribution in [1.82, 2.24) is 4.31 Å². The predicted octanol–water partition coefficient (Wildman–Crippen LogP) is 0.177. The minimum atomic E-state index is -4.88. The lowest BCUT2D eigenvalue weighted by molar-refractivity contribution is -0.146. The number of halogens is 3. The number of alkyl halides is 3. The number of hydrogen-bond acceptors (Lipinski definition) is 4. The molecule has 1 unspecified atom stereocenters. The molecule has 0 aromatic rings. The summed E-state index contributed by atoms with van der Waals surface area (Å²) in [6.45, 7) is -2.40. The summed E-state index contributed by atoms with van der Waals surface area (Å²) in [6.07, 6.45) is -4.88. The second-order valence-corrected chi connectivity index (χ2v) is 5.35. The molecule has 10 heteroatoms. The first-order valence-corrected chi connectivity index (χ1v) is 5.68. The number of nitrogens with zero attached hydrogens (tertiary/aromatic N) is 2. The van der Waals surface area contributed by atoms with Crippen LogP contribution in [0.1, 0.15) is 6.92 Å². The van der Waals surface area contributed by atoms with E-state index in [9.17, 15) is 26.4 Å². The lowest BCUT2D eigenvalue weighted by Crippen LogP contribution is -2.45. The first kappa shape index (κ1) is 15.7. The van der Waals surface area contributed by atoms with Crippen molar-refractivity contribution in [2.24, 2.45) is 0 Å². The summed E-state index contributed by atoms with van der Waals surface area (Å²) in [5.74, 6) is -1.73. The second-order valence-electron chi connectivity index (χ2n) is 3.09. The van der Waals surface area contributed by atoms with E-state index >= 15 is 0 Å². The average molecular weight is 274 g/mol. The van der Waals surface area contributed by atoms with Gasteiger partial charge in [-0.2, -0.15) is 22.7 Å². The van der Waals surface area contributed by atoms with Crippen LogP contribution in [0.5, 0.6) is 0 Å². The van der Waals surface area contributed by atoms with E-state index in [1.54, 1.807) is 0 Å². The Balaban J connectivity index is 5.20. The normalized spacial score (nSPS) is 14.4. The van der Waals surface area contributed by atoms with E-state index in [-0.39, 0.29) is 4.31 Å². The molecule has 1 atom stereocenters. The summed E-state index contributed by atoms with van der Waals surface area (Å²) in [6, 6.07) is 1.25. The molecule has 0 heterocycles. The van der Waals surface area contributed by atoms with Gasteiger partial charge in [0.05, 0.1) is 6.07 Å². The van der Waals surface area contributed by atoms with Gasteiger partial charge >= 0.3 is 12.1 Å². The van der Waals surface area contributed by atoms with Crippen molar-refractivity contribution in [2.45, 2.75) is 18.3 Å². The number of rotatable bonds is 5. The van der Waals surface area contributed by atoms with Gasteiger partial charge in [0.1, 0.15) is 13.1 Å². The number of aliphatic carboxylic acids is 1. The van der Waals surface area contributed by atoms with E-state index in [0.717, 1.165) is 6.92 Å². The number of hydrogen-bond donors (Lipinski definition) is 1. The smallest absolute Gasteiger partial charge is 0.402 e. The maximum atomic E-state index is 12.1. The van der Waals surface area contributed by atoms with Gasteiger partial charge in [0.2, 0.25) is 10.0 Å². The molecule has 98 valence electrons. The van der Waals surface area contributed by atoms with Crippen molar-refractivity contribution in [2.75, 3.05) is 13.1 Å². The highest BCUT2D eigenvalue weighted by molar-refractivity contribution is 7.90. The molecule has 1 N–H and O–H groups in total. The largest absolute Gasteiger partial charge is 0.480 e. The average Bonchev–Trinajstić information content (AvgIpc) is 2.12. The van der Waals surface area contributed by atoms with Gasteiger partial charge in [-0.05, 0) is 6.92 Å². The van der Waals surface area contributed by atoms with Crippen LogP contribution in [0.4, 0.5) is 13.2 Å². The zero-order valence-corrected chi connectivity index (χ0v) is 9.42. The molecule has 17 heavy (non-hydrogen) atoms. The highest BCUT2D eigenvalue weighted by Gasteiger charge is 2.39. The monoisotopic (exact) mass is 274 g/mol. The van der Waals surface area contributed by atoms with Crippen LogP contribution in [0.25, 0.3) is 0 Å². The molecule has 0 bridgehead atoms. The molecule has 6 nitrogen and oxygen atoms in total. The topological polar surface area (TPSA) is 98.5 Å². The summed E-state index contributed by atoms with van der Waals surface area (Å²) >= 11 is 0. The third-order valence-electron chi connectivity index (χ3n) is 1.66. The van der Waals surface area contributed by atoms with Crippen LogP contribution < -0.4 is 0 Å².